The van der Waals surface area contributed by atoms with Gasteiger partial charge in [0.05, 0.1) is 6.33 Å². The summed E-state index contributed by atoms with van der Waals surface area (Å²) in [5.74, 6) is 1.49. The van der Waals surface area contributed by atoms with Gasteiger partial charge >= 0.3 is 6.09 Å². The van der Waals surface area contributed by atoms with Crippen molar-refractivity contribution in [2.24, 2.45) is 0 Å². The number of aryl methyl sites for hydroxylation is 1. The molecule has 8 heteroatoms. The number of carbonyl (C=O) groups excluding carboxylic acids is 1. The van der Waals surface area contributed by atoms with Gasteiger partial charge in [0.2, 0.25) is 0 Å². The molecule has 1 fully saturated rings. The number of fused-ring (bicyclic) bond motifs is 1. The third-order valence-corrected chi connectivity index (χ3v) is 4.58. The summed E-state index contributed by atoms with van der Waals surface area (Å²) in [6.45, 7) is 13.1. The van der Waals surface area contributed by atoms with Crippen molar-refractivity contribution in [3.63, 3.8) is 0 Å². The van der Waals surface area contributed by atoms with E-state index in [1.807, 2.05) is 34.0 Å². The van der Waals surface area contributed by atoms with Crippen molar-refractivity contribution < 1.29 is 9.53 Å². The Balaban J connectivity index is 1.68. The Hall–Kier alpha value is -2.38. The van der Waals surface area contributed by atoms with Crippen molar-refractivity contribution in [3.05, 3.63) is 12.2 Å². The normalized spacial score (nSPS) is 16.2. The summed E-state index contributed by atoms with van der Waals surface area (Å²) in [4.78, 5) is 27.6. The molecule has 2 aromatic heterocycles. The monoisotopic (exact) mass is 374 g/mol. The van der Waals surface area contributed by atoms with Crippen LogP contribution in [0.15, 0.2) is 6.33 Å². The highest BCUT2D eigenvalue weighted by molar-refractivity contribution is 5.83. The van der Waals surface area contributed by atoms with E-state index in [1.54, 1.807) is 4.90 Å². The highest BCUT2D eigenvalue weighted by Gasteiger charge is 2.27. The van der Waals surface area contributed by atoms with Gasteiger partial charge in [-0.3, -0.25) is 0 Å². The topological polar surface area (TPSA) is 85.2 Å². The fourth-order valence-electron chi connectivity index (χ4n) is 3.23. The maximum absolute atomic E-state index is 12.2. The molecule has 1 saturated heterocycles. The lowest BCUT2D eigenvalue weighted by Gasteiger charge is -2.33. The summed E-state index contributed by atoms with van der Waals surface area (Å²) in [6, 6.07) is 0.527. The molecule has 0 bridgehead atoms. The van der Waals surface area contributed by atoms with Crippen LogP contribution < -0.4 is 5.32 Å². The van der Waals surface area contributed by atoms with Crippen molar-refractivity contribution in [3.8, 4) is 0 Å². The van der Waals surface area contributed by atoms with Crippen LogP contribution in [0, 0.1) is 6.92 Å². The fourth-order valence-corrected chi connectivity index (χ4v) is 3.23. The van der Waals surface area contributed by atoms with E-state index < -0.39 is 5.60 Å². The third kappa shape index (κ3) is 4.48. The van der Waals surface area contributed by atoms with Crippen LogP contribution in [0.5, 0.6) is 0 Å². The van der Waals surface area contributed by atoms with Crippen LogP contribution in [-0.2, 0) is 4.74 Å². The smallest absolute Gasteiger partial charge is 0.410 e. The first kappa shape index (κ1) is 19.4. The minimum atomic E-state index is -0.467. The summed E-state index contributed by atoms with van der Waals surface area (Å²) in [5.41, 5.74) is 1.18. The maximum atomic E-state index is 12.2. The molecule has 0 radical (unpaired) electrons. The molecule has 2 aromatic rings. The van der Waals surface area contributed by atoms with Crippen LogP contribution in [0.4, 0.5) is 10.6 Å². The summed E-state index contributed by atoms with van der Waals surface area (Å²) in [7, 11) is 0. The van der Waals surface area contributed by atoms with Crippen LogP contribution in [0.1, 0.15) is 59.3 Å². The number of hydrogen-bond acceptors (Lipinski definition) is 6. The van der Waals surface area contributed by atoms with Gasteiger partial charge in [-0.2, -0.15) is 0 Å². The second-order valence-electron chi connectivity index (χ2n) is 8.42. The number of ether oxygens (including phenoxy) is 1. The standard InChI is InChI=1S/C19H30N6O2/c1-12(2)25-11-20-15-16(21-13(3)22-17(15)25)23-14-7-9-24(10-8-14)18(26)27-19(4,5)6/h11-12,14H,7-10H2,1-6H3,(H,21,22,23). The number of piperidine rings is 1. The summed E-state index contributed by atoms with van der Waals surface area (Å²) in [6.07, 6.45) is 3.26. The van der Waals surface area contributed by atoms with Gasteiger partial charge in [-0.05, 0) is 54.4 Å². The summed E-state index contributed by atoms with van der Waals surface area (Å²) >= 11 is 0. The van der Waals surface area contributed by atoms with E-state index in [-0.39, 0.29) is 18.2 Å². The van der Waals surface area contributed by atoms with Gasteiger partial charge in [0.15, 0.2) is 11.5 Å². The zero-order valence-corrected chi connectivity index (χ0v) is 17.1. The highest BCUT2D eigenvalue weighted by atomic mass is 16.6. The Morgan fingerprint density at radius 2 is 1.93 bits per heavy atom. The number of nitrogens with zero attached hydrogens (tertiary/aromatic N) is 5. The highest BCUT2D eigenvalue weighted by Crippen LogP contribution is 2.24. The zero-order chi connectivity index (χ0) is 19.8. The van der Waals surface area contributed by atoms with Crippen LogP contribution in [0.2, 0.25) is 0 Å². The van der Waals surface area contributed by atoms with Crippen LogP contribution in [0.3, 0.4) is 0 Å². The minimum absolute atomic E-state index is 0.239. The molecule has 1 amide bonds. The van der Waals surface area contributed by atoms with Gasteiger partial charge in [-0.25, -0.2) is 19.7 Å². The Labute approximate surface area is 160 Å². The van der Waals surface area contributed by atoms with Crippen molar-refractivity contribution in [1.82, 2.24) is 24.4 Å². The van der Waals surface area contributed by atoms with Crippen molar-refractivity contribution >= 4 is 23.1 Å². The molecule has 3 heterocycles. The first-order valence-electron chi connectivity index (χ1n) is 9.59. The molecule has 0 aromatic carbocycles. The Morgan fingerprint density at radius 3 is 2.52 bits per heavy atom. The molecule has 0 aliphatic carbocycles. The molecule has 148 valence electrons. The van der Waals surface area contributed by atoms with E-state index in [2.05, 4.69) is 38.7 Å². The minimum Gasteiger partial charge on any atom is -0.444 e. The molecule has 0 spiro atoms. The average Bonchev–Trinajstić information content (AvgIpc) is 2.98. The van der Waals surface area contributed by atoms with Gasteiger partial charge in [0.1, 0.15) is 16.9 Å². The molecular formula is C19H30N6O2. The summed E-state index contributed by atoms with van der Waals surface area (Å²) < 4.78 is 7.52. The molecular weight excluding hydrogens is 344 g/mol. The number of amides is 1. The Morgan fingerprint density at radius 1 is 1.26 bits per heavy atom. The molecule has 27 heavy (non-hydrogen) atoms. The maximum Gasteiger partial charge on any atom is 0.410 e. The van der Waals surface area contributed by atoms with E-state index in [0.717, 1.165) is 35.6 Å². The molecule has 8 nitrogen and oxygen atoms in total. The number of anilines is 1. The van der Waals surface area contributed by atoms with Gasteiger partial charge in [0.25, 0.3) is 0 Å². The number of imidazole rings is 1. The SMILES string of the molecule is Cc1nc(NC2CCN(C(=O)OC(C)(C)C)CC2)c2ncn(C(C)C)c2n1. The molecule has 1 N–H and O–H groups in total. The van der Waals surface area contributed by atoms with Crippen molar-refractivity contribution in [2.75, 3.05) is 18.4 Å². The van der Waals surface area contributed by atoms with Gasteiger partial charge in [-0.15, -0.1) is 0 Å². The van der Waals surface area contributed by atoms with Crippen molar-refractivity contribution in [2.45, 2.75) is 72.1 Å². The Kier molecular flexibility index (Phi) is 5.26. The molecule has 1 aliphatic heterocycles. The fraction of sp³-hybridized carbons (Fsp3) is 0.684. The number of nitrogens with one attached hydrogen (secondary N) is 1. The second-order valence-corrected chi connectivity index (χ2v) is 8.42. The zero-order valence-electron chi connectivity index (χ0n) is 17.1. The van der Waals surface area contributed by atoms with E-state index >= 15 is 0 Å². The Bertz CT molecular complexity index is 815. The lowest BCUT2D eigenvalue weighted by atomic mass is 10.1. The average molecular weight is 374 g/mol. The van der Waals surface area contributed by atoms with E-state index in [4.69, 9.17) is 4.74 Å². The number of likely N-dealkylation sites (tertiary alicyclic amines) is 1. The number of aromatic nitrogens is 4. The van der Waals surface area contributed by atoms with E-state index in [1.165, 1.54) is 0 Å². The molecule has 1 aliphatic rings. The number of hydrogen-bond donors (Lipinski definition) is 1. The lowest BCUT2D eigenvalue weighted by Crippen LogP contribution is -2.44. The van der Waals surface area contributed by atoms with Crippen LogP contribution in [0.25, 0.3) is 11.2 Å². The van der Waals surface area contributed by atoms with Crippen LogP contribution >= 0.6 is 0 Å². The quantitative estimate of drug-likeness (QED) is 0.885. The second kappa shape index (κ2) is 7.32. The van der Waals surface area contributed by atoms with Gasteiger partial charge in [0, 0.05) is 25.2 Å². The molecule has 0 saturated carbocycles. The third-order valence-electron chi connectivity index (χ3n) is 4.58. The predicted molar refractivity (Wildman–Crippen MR) is 105 cm³/mol. The van der Waals surface area contributed by atoms with Crippen molar-refractivity contribution in [1.29, 1.82) is 0 Å². The number of carbonyl (C=O) groups is 1. The predicted octanol–water partition coefficient (Wildman–Crippen LogP) is 3.53. The molecule has 3 rings (SSSR count). The molecule has 0 unspecified atom stereocenters. The first-order valence-corrected chi connectivity index (χ1v) is 9.59. The largest absolute Gasteiger partial charge is 0.444 e. The van der Waals surface area contributed by atoms with Crippen LogP contribution in [-0.4, -0.2) is 55.2 Å². The summed E-state index contributed by atoms with van der Waals surface area (Å²) in [5, 5.41) is 3.52. The van der Waals surface area contributed by atoms with Gasteiger partial charge < -0.3 is 19.5 Å². The van der Waals surface area contributed by atoms with E-state index in [0.29, 0.717) is 13.1 Å². The van der Waals surface area contributed by atoms with E-state index in [9.17, 15) is 4.79 Å². The lowest BCUT2D eigenvalue weighted by molar-refractivity contribution is 0.0210. The molecule has 0 atom stereocenters. The van der Waals surface area contributed by atoms with Gasteiger partial charge in [-0.1, -0.05) is 0 Å². The first-order chi connectivity index (χ1) is 12.6. The number of rotatable bonds is 3.